The van der Waals surface area contributed by atoms with Gasteiger partial charge < -0.3 is 11.1 Å². The van der Waals surface area contributed by atoms with E-state index in [4.69, 9.17) is 5.73 Å². The first kappa shape index (κ1) is 13.1. The Morgan fingerprint density at radius 3 is 2.68 bits per heavy atom. The van der Waals surface area contributed by atoms with Crippen molar-refractivity contribution >= 4 is 17.4 Å². The van der Waals surface area contributed by atoms with E-state index in [1.165, 1.54) is 0 Å². The standard InChI is InChI=1S/C14H18N4O/c1-8(2)12-7-13(18-17-12)16-14(19)11-5-4-10(15)6-9(11)3/h4-8H,15H2,1-3H3,(H2,16,17,18,19). The van der Waals surface area contributed by atoms with Crippen molar-refractivity contribution in [2.75, 3.05) is 11.1 Å². The summed E-state index contributed by atoms with van der Waals surface area (Å²) in [6.07, 6.45) is 0. The summed E-state index contributed by atoms with van der Waals surface area (Å²) in [6.45, 7) is 5.97. The van der Waals surface area contributed by atoms with Crippen molar-refractivity contribution in [1.29, 1.82) is 0 Å². The van der Waals surface area contributed by atoms with Gasteiger partial charge in [0.2, 0.25) is 0 Å². The van der Waals surface area contributed by atoms with E-state index in [0.29, 0.717) is 23.0 Å². The number of hydrogen-bond acceptors (Lipinski definition) is 3. The van der Waals surface area contributed by atoms with E-state index in [0.717, 1.165) is 11.3 Å². The van der Waals surface area contributed by atoms with Crippen molar-refractivity contribution in [1.82, 2.24) is 10.2 Å². The molecule has 0 fully saturated rings. The minimum absolute atomic E-state index is 0.181. The Balaban J connectivity index is 2.16. The molecular weight excluding hydrogens is 240 g/mol. The molecule has 1 amide bonds. The maximum atomic E-state index is 12.1. The number of amides is 1. The van der Waals surface area contributed by atoms with E-state index in [1.807, 2.05) is 13.0 Å². The van der Waals surface area contributed by atoms with E-state index in [-0.39, 0.29) is 5.91 Å². The quantitative estimate of drug-likeness (QED) is 0.740. The molecule has 19 heavy (non-hydrogen) atoms. The van der Waals surface area contributed by atoms with Crippen molar-refractivity contribution in [2.24, 2.45) is 0 Å². The number of nitrogens with zero attached hydrogens (tertiary/aromatic N) is 1. The van der Waals surface area contributed by atoms with Crippen molar-refractivity contribution < 1.29 is 4.79 Å². The highest BCUT2D eigenvalue weighted by atomic mass is 16.1. The van der Waals surface area contributed by atoms with Crippen LogP contribution in [0.25, 0.3) is 0 Å². The van der Waals surface area contributed by atoms with Gasteiger partial charge in [-0.2, -0.15) is 5.10 Å². The summed E-state index contributed by atoms with van der Waals surface area (Å²) in [4.78, 5) is 12.1. The third-order valence-corrected chi connectivity index (χ3v) is 2.96. The normalized spacial score (nSPS) is 10.7. The number of benzene rings is 1. The molecule has 0 aliphatic heterocycles. The number of rotatable bonds is 3. The molecule has 0 saturated carbocycles. The molecule has 2 aromatic rings. The molecule has 0 aliphatic carbocycles. The Labute approximate surface area is 112 Å². The molecule has 0 bridgehead atoms. The summed E-state index contributed by atoms with van der Waals surface area (Å²) in [5.74, 6) is 0.695. The SMILES string of the molecule is Cc1cc(N)ccc1C(=O)Nc1cc(C(C)C)[nH]n1. The minimum atomic E-state index is -0.181. The molecule has 0 radical (unpaired) electrons. The van der Waals surface area contributed by atoms with Gasteiger partial charge in [-0.25, -0.2) is 0 Å². The highest BCUT2D eigenvalue weighted by Crippen LogP contribution is 2.17. The summed E-state index contributed by atoms with van der Waals surface area (Å²) in [6, 6.07) is 7.05. The lowest BCUT2D eigenvalue weighted by molar-refractivity contribution is 0.102. The zero-order valence-electron chi connectivity index (χ0n) is 11.3. The number of aromatic nitrogens is 2. The van der Waals surface area contributed by atoms with Gasteiger partial charge in [0.25, 0.3) is 5.91 Å². The second kappa shape index (κ2) is 5.14. The van der Waals surface area contributed by atoms with Crippen LogP contribution in [0.15, 0.2) is 24.3 Å². The highest BCUT2D eigenvalue weighted by molar-refractivity contribution is 6.05. The predicted molar refractivity (Wildman–Crippen MR) is 76.2 cm³/mol. The Bertz CT molecular complexity index is 601. The third kappa shape index (κ3) is 2.93. The summed E-state index contributed by atoms with van der Waals surface area (Å²) < 4.78 is 0. The first-order valence-corrected chi connectivity index (χ1v) is 6.20. The molecule has 1 heterocycles. The van der Waals surface area contributed by atoms with Gasteiger partial charge in [-0.15, -0.1) is 0 Å². The lowest BCUT2D eigenvalue weighted by atomic mass is 10.1. The molecule has 0 atom stereocenters. The lowest BCUT2D eigenvalue weighted by Gasteiger charge is -2.06. The summed E-state index contributed by atoms with van der Waals surface area (Å²) >= 11 is 0. The van der Waals surface area contributed by atoms with Gasteiger partial charge in [-0.1, -0.05) is 13.8 Å². The summed E-state index contributed by atoms with van der Waals surface area (Å²) in [5.41, 5.74) is 8.75. The number of nitrogen functional groups attached to an aromatic ring is 1. The number of hydrogen-bond donors (Lipinski definition) is 3. The number of aryl methyl sites for hydroxylation is 1. The summed E-state index contributed by atoms with van der Waals surface area (Å²) in [5, 5.41) is 9.74. The van der Waals surface area contributed by atoms with E-state index < -0.39 is 0 Å². The predicted octanol–water partition coefficient (Wildman–Crippen LogP) is 2.68. The first-order chi connectivity index (χ1) is 8.97. The van der Waals surface area contributed by atoms with E-state index in [1.54, 1.807) is 18.2 Å². The fourth-order valence-corrected chi connectivity index (χ4v) is 1.82. The molecule has 4 N–H and O–H groups in total. The molecule has 1 aromatic heterocycles. The highest BCUT2D eigenvalue weighted by Gasteiger charge is 2.12. The maximum Gasteiger partial charge on any atom is 0.257 e. The average molecular weight is 258 g/mol. The molecule has 1 aromatic carbocycles. The smallest absolute Gasteiger partial charge is 0.257 e. The number of anilines is 2. The Morgan fingerprint density at radius 2 is 2.11 bits per heavy atom. The van der Waals surface area contributed by atoms with Crippen LogP contribution in [0.1, 0.15) is 41.4 Å². The van der Waals surface area contributed by atoms with Crippen molar-refractivity contribution in [3.05, 3.63) is 41.1 Å². The fraction of sp³-hybridized carbons (Fsp3) is 0.286. The zero-order chi connectivity index (χ0) is 14.0. The number of aromatic amines is 1. The Morgan fingerprint density at radius 1 is 1.37 bits per heavy atom. The van der Waals surface area contributed by atoms with Gasteiger partial charge >= 0.3 is 0 Å². The van der Waals surface area contributed by atoms with Crippen LogP contribution in [0.5, 0.6) is 0 Å². The number of H-pyrrole nitrogens is 1. The van der Waals surface area contributed by atoms with Crippen LogP contribution >= 0.6 is 0 Å². The molecule has 5 heteroatoms. The molecular formula is C14H18N4O. The Kier molecular flexibility index (Phi) is 3.55. The molecule has 100 valence electrons. The van der Waals surface area contributed by atoms with Gasteiger partial charge in [-0.3, -0.25) is 9.89 Å². The minimum Gasteiger partial charge on any atom is -0.399 e. The molecule has 0 unspecified atom stereocenters. The van der Waals surface area contributed by atoms with Crippen LogP contribution in [-0.4, -0.2) is 16.1 Å². The zero-order valence-corrected chi connectivity index (χ0v) is 11.3. The Hall–Kier alpha value is -2.30. The summed E-state index contributed by atoms with van der Waals surface area (Å²) in [7, 11) is 0. The van der Waals surface area contributed by atoms with Gasteiger partial charge in [-0.05, 0) is 36.6 Å². The second-order valence-corrected chi connectivity index (χ2v) is 4.89. The largest absolute Gasteiger partial charge is 0.399 e. The van der Waals surface area contributed by atoms with Crippen LogP contribution < -0.4 is 11.1 Å². The molecule has 0 saturated heterocycles. The van der Waals surface area contributed by atoms with Crippen LogP contribution in [0.3, 0.4) is 0 Å². The number of nitrogens with two attached hydrogens (primary N) is 1. The topological polar surface area (TPSA) is 83.8 Å². The first-order valence-electron chi connectivity index (χ1n) is 6.20. The van der Waals surface area contributed by atoms with Gasteiger partial charge in [0.15, 0.2) is 5.82 Å². The van der Waals surface area contributed by atoms with Crippen molar-refractivity contribution in [2.45, 2.75) is 26.7 Å². The third-order valence-electron chi connectivity index (χ3n) is 2.96. The van der Waals surface area contributed by atoms with Crippen LogP contribution in [0.4, 0.5) is 11.5 Å². The average Bonchev–Trinajstić information content (AvgIpc) is 2.77. The number of nitrogens with one attached hydrogen (secondary N) is 2. The van der Waals surface area contributed by atoms with Crippen molar-refractivity contribution in [3.63, 3.8) is 0 Å². The molecule has 2 rings (SSSR count). The number of carbonyl (C=O) groups excluding carboxylic acids is 1. The van der Waals surface area contributed by atoms with E-state index in [9.17, 15) is 4.79 Å². The van der Waals surface area contributed by atoms with Crippen LogP contribution in [0.2, 0.25) is 0 Å². The van der Waals surface area contributed by atoms with Gasteiger partial charge in [0, 0.05) is 23.0 Å². The molecule has 0 spiro atoms. The van der Waals surface area contributed by atoms with E-state index >= 15 is 0 Å². The van der Waals surface area contributed by atoms with Crippen LogP contribution in [0, 0.1) is 6.92 Å². The van der Waals surface area contributed by atoms with Crippen molar-refractivity contribution in [3.8, 4) is 0 Å². The number of carbonyl (C=O) groups is 1. The van der Waals surface area contributed by atoms with Gasteiger partial charge in [0.1, 0.15) is 0 Å². The van der Waals surface area contributed by atoms with Crippen LogP contribution in [-0.2, 0) is 0 Å². The fourth-order valence-electron chi connectivity index (χ4n) is 1.82. The van der Waals surface area contributed by atoms with Gasteiger partial charge in [0.05, 0.1) is 0 Å². The monoisotopic (exact) mass is 258 g/mol. The lowest BCUT2D eigenvalue weighted by Crippen LogP contribution is -2.13. The van der Waals surface area contributed by atoms with E-state index in [2.05, 4.69) is 29.4 Å². The maximum absolute atomic E-state index is 12.1. The molecule has 5 nitrogen and oxygen atoms in total. The second-order valence-electron chi connectivity index (χ2n) is 4.89. The molecule has 0 aliphatic rings.